The molecule has 122 valence electrons. The van der Waals surface area contributed by atoms with E-state index in [9.17, 15) is 4.79 Å². The van der Waals surface area contributed by atoms with Gasteiger partial charge in [0.05, 0.1) is 19.5 Å². The topological polar surface area (TPSA) is 67.6 Å². The van der Waals surface area contributed by atoms with Gasteiger partial charge in [-0.2, -0.15) is 0 Å². The number of nitrogens with one attached hydrogen (secondary N) is 1. The molecular formula is C17H21N3O3. The number of anilines is 1. The van der Waals surface area contributed by atoms with E-state index < -0.39 is 0 Å². The highest BCUT2D eigenvalue weighted by atomic mass is 16.5. The fourth-order valence-corrected chi connectivity index (χ4v) is 2.48. The van der Waals surface area contributed by atoms with Gasteiger partial charge < -0.3 is 19.4 Å². The van der Waals surface area contributed by atoms with Gasteiger partial charge in [-0.15, -0.1) is 0 Å². The molecule has 0 bridgehead atoms. The Kier molecular flexibility index (Phi) is 5.26. The highest BCUT2D eigenvalue weighted by Crippen LogP contribution is 2.13. The summed E-state index contributed by atoms with van der Waals surface area (Å²) in [6.45, 7) is 3.73. The van der Waals surface area contributed by atoms with Gasteiger partial charge in [0.15, 0.2) is 0 Å². The molecule has 6 nitrogen and oxygen atoms in total. The fraction of sp³-hybridized carbons (Fsp3) is 0.412. The monoisotopic (exact) mass is 315 g/mol. The molecule has 1 aliphatic heterocycles. The zero-order valence-corrected chi connectivity index (χ0v) is 13.0. The highest BCUT2D eigenvalue weighted by molar-refractivity contribution is 5.76. The quantitative estimate of drug-likeness (QED) is 0.880. The van der Waals surface area contributed by atoms with Crippen LogP contribution in [0.15, 0.2) is 41.1 Å². The average molecular weight is 315 g/mol. The van der Waals surface area contributed by atoms with Crippen LogP contribution in [-0.4, -0.2) is 37.2 Å². The number of nitrogens with zero attached hydrogens (tertiary/aromatic N) is 2. The number of hydrogen-bond donors (Lipinski definition) is 1. The Balaban J connectivity index is 1.43. The normalized spacial score (nSPS) is 14.7. The van der Waals surface area contributed by atoms with Crippen LogP contribution in [0.25, 0.3) is 0 Å². The summed E-state index contributed by atoms with van der Waals surface area (Å²) in [6, 6.07) is 7.71. The van der Waals surface area contributed by atoms with E-state index in [1.54, 1.807) is 6.26 Å². The largest absolute Gasteiger partial charge is 0.469 e. The Morgan fingerprint density at radius 3 is 2.83 bits per heavy atom. The second kappa shape index (κ2) is 7.78. The van der Waals surface area contributed by atoms with Gasteiger partial charge >= 0.3 is 0 Å². The van der Waals surface area contributed by atoms with Crippen LogP contribution < -0.4 is 10.2 Å². The van der Waals surface area contributed by atoms with Crippen molar-refractivity contribution in [3.05, 3.63) is 48.0 Å². The number of aryl methyl sites for hydroxylation is 1. The third-order valence-electron chi connectivity index (χ3n) is 3.81. The number of furan rings is 1. The van der Waals surface area contributed by atoms with E-state index in [4.69, 9.17) is 9.15 Å². The number of pyridine rings is 1. The SMILES string of the molecule is O=C(CCc1ccco1)NCc1ccc(N2CCOCC2)nc1. The van der Waals surface area contributed by atoms with Gasteiger partial charge in [0, 0.05) is 38.7 Å². The van der Waals surface area contributed by atoms with Crippen LogP contribution in [0.4, 0.5) is 5.82 Å². The number of morpholine rings is 1. The van der Waals surface area contributed by atoms with Crippen LogP contribution in [0, 0.1) is 0 Å². The summed E-state index contributed by atoms with van der Waals surface area (Å²) in [6.07, 6.45) is 4.48. The molecule has 0 radical (unpaired) electrons. The number of aromatic nitrogens is 1. The number of amides is 1. The number of rotatable bonds is 6. The predicted octanol–water partition coefficient (Wildman–Crippen LogP) is 1.76. The van der Waals surface area contributed by atoms with Crippen LogP contribution >= 0.6 is 0 Å². The minimum atomic E-state index is 0.0126. The molecule has 0 spiro atoms. The van der Waals surface area contributed by atoms with Gasteiger partial charge in [0.25, 0.3) is 0 Å². The first-order chi connectivity index (χ1) is 11.3. The second-order valence-electron chi connectivity index (χ2n) is 5.48. The highest BCUT2D eigenvalue weighted by Gasteiger charge is 2.12. The molecule has 0 saturated carbocycles. The molecule has 3 heterocycles. The zero-order chi connectivity index (χ0) is 15.9. The van der Waals surface area contributed by atoms with Crippen LogP contribution in [0.5, 0.6) is 0 Å². The predicted molar refractivity (Wildman–Crippen MR) is 86.1 cm³/mol. The molecule has 2 aromatic rings. The number of ether oxygens (including phenoxy) is 1. The van der Waals surface area contributed by atoms with Gasteiger partial charge in [0.1, 0.15) is 11.6 Å². The van der Waals surface area contributed by atoms with E-state index in [0.29, 0.717) is 19.4 Å². The van der Waals surface area contributed by atoms with Crippen LogP contribution in [0.1, 0.15) is 17.7 Å². The van der Waals surface area contributed by atoms with Gasteiger partial charge in [-0.1, -0.05) is 6.07 Å². The van der Waals surface area contributed by atoms with E-state index in [2.05, 4.69) is 15.2 Å². The first-order valence-electron chi connectivity index (χ1n) is 7.88. The number of hydrogen-bond acceptors (Lipinski definition) is 5. The zero-order valence-electron chi connectivity index (χ0n) is 13.0. The summed E-state index contributed by atoms with van der Waals surface area (Å²) in [5.74, 6) is 1.80. The molecule has 1 amide bonds. The lowest BCUT2D eigenvalue weighted by atomic mass is 10.2. The minimum Gasteiger partial charge on any atom is -0.469 e. The maximum atomic E-state index is 11.8. The van der Waals surface area contributed by atoms with Crippen molar-refractivity contribution in [3.63, 3.8) is 0 Å². The van der Waals surface area contributed by atoms with Crippen LogP contribution in [-0.2, 0) is 22.5 Å². The van der Waals surface area contributed by atoms with Crippen molar-refractivity contribution in [2.45, 2.75) is 19.4 Å². The van der Waals surface area contributed by atoms with Crippen molar-refractivity contribution in [2.75, 3.05) is 31.2 Å². The molecule has 2 aromatic heterocycles. The molecule has 1 saturated heterocycles. The first kappa shape index (κ1) is 15.6. The van der Waals surface area contributed by atoms with Crippen molar-refractivity contribution in [3.8, 4) is 0 Å². The van der Waals surface area contributed by atoms with Gasteiger partial charge in [-0.25, -0.2) is 4.98 Å². The Morgan fingerprint density at radius 1 is 1.26 bits per heavy atom. The van der Waals surface area contributed by atoms with Gasteiger partial charge in [0.2, 0.25) is 5.91 Å². The Hall–Kier alpha value is -2.34. The third kappa shape index (κ3) is 4.56. The molecule has 0 aromatic carbocycles. The molecule has 0 aliphatic carbocycles. The van der Waals surface area contributed by atoms with Crippen LogP contribution in [0.3, 0.4) is 0 Å². The van der Waals surface area contributed by atoms with E-state index in [1.165, 1.54) is 0 Å². The first-order valence-corrected chi connectivity index (χ1v) is 7.88. The third-order valence-corrected chi connectivity index (χ3v) is 3.81. The molecule has 0 atom stereocenters. The van der Waals surface area contributed by atoms with E-state index in [0.717, 1.165) is 43.4 Å². The lowest BCUT2D eigenvalue weighted by Crippen LogP contribution is -2.36. The number of carbonyl (C=O) groups is 1. The molecule has 23 heavy (non-hydrogen) atoms. The maximum absolute atomic E-state index is 11.8. The fourth-order valence-electron chi connectivity index (χ4n) is 2.48. The Bertz CT molecular complexity index is 605. The lowest BCUT2D eigenvalue weighted by Gasteiger charge is -2.27. The van der Waals surface area contributed by atoms with Crippen molar-refractivity contribution in [2.24, 2.45) is 0 Å². The second-order valence-corrected chi connectivity index (χ2v) is 5.48. The molecule has 1 fully saturated rings. The maximum Gasteiger partial charge on any atom is 0.220 e. The molecule has 6 heteroatoms. The Labute approximate surface area is 135 Å². The summed E-state index contributed by atoms with van der Waals surface area (Å²) in [7, 11) is 0. The average Bonchev–Trinajstić information content (AvgIpc) is 3.13. The Morgan fingerprint density at radius 2 is 2.13 bits per heavy atom. The van der Waals surface area contributed by atoms with Crippen molar-refractivity contribution >= 4 is 11.7 Å². The molecule has 0 unspecified atom stereocenters. The van der Waals surface area contributed by atoms with Gasteiger partial charge in [-0.3, -0.25) is 4.79 Å². The molecular weight excluding hydrogens is 294 g/mol. The van der Waals surface area contributed by atoms with E-state index >= 15 is 0 Å². The summed E-state index contributed by atoms with van der Waals surface area (Å²) in [5, 5.41) is 2.91. The van der Waals surface area contributed by atoms with Crippen molar-refractivity contribution in [1.29, 1.82) is 0 Å². The summed E-state index contributed by atoms with van der Waals surface area (Å²) in [5.41, 5.74) is 0.994. The smallest absolute Gasteiger partial charge is 0.220 e. The molecule has 1 N–H and O–H groups in total. The summed E-state index contributed by atoms with van der Waals surface area (Å²) in [4.78, 5) is 18.5. The lowest BCUT2D eigenvalue weighted by molar-refractivity contribution is -0.121. The number of carbonyl (C=O) groups excluding carboxylic acids is 1. The molecule has 3 rings (SSSR count). The molecule has 1 aliphatic rings. The minimum absolute atomic E-state index is 0.0126. The van der Waals surface area contributed by atoms with E-state index in [-0.39, 0.29) is 5.91 Å². The van der Waals surface area contributed by atoms with Crippen molar-refractivity contribution in [1.82, 2.24) is 10.3 Å². The van der Waals surface area contributed by atoms with Crippen molar-refractivity contribution < 1.29 is 13.9 Å². The van der Waals surface area contributed by atoms with Crippen LogP contribution in [0.2, 0.25) is 0 Å². The summed E-state index contributed by atoms with van der Waals surface area (Å²) < 4.78 is 10.5. The van der Waals surface area contributed by atoms with E-state index in [1.807, 2.05) is 30.5 Å². The summed E-state index contributed by atoms with van der Waals surface area (Å²) >= 11 is 0. The standard InChI is InChI=1S/C17H21N3O3/c21-17(6-4-15-2-1-9-23-15)19-13-14-3-5-16(18-12-14)20-7-10-22-11-8-20/h1-3,5,9,12H,4,6-8,10-11,13H2,(H,19,21). The van der Waals surface area contributed by atoms with Gasteiger partial charge in [-0.05, 0) is 23.8 Å².